The van der Waals surface area contributed by atoms with Gasteiger partial charge in [-0.05, 0) is 37.6 Å². The fourth-order valence-corrected chi connectivity index (χ4v) is 4.90. The molecule has 0 aromatic heterocycles. The standard InChI is InChI=1S/C17H21ClN2O6S/c1-17(7-9-27(24,25)11-17)20-14(21)10-26-15(22)6-8-19-16(23)12-2-4-13(18)5-3-12/h2-5H,6-11H2,1H3,(H,19,23)(H,20,21)/t17-/m0/s1. The lowest BCUT2D eigenvalue weighted by Gasteiger charge is -2.23. The molecular weight excluding hydrogens is 396 g/mol. The molecular formula is C17H21ClN2O6S. The number of hydrogen-bond acceptors (Lipinski definition) is 6. The van der Waals surface area contributed by atoms with Crippen molar-refractivity contribution in [3.8, 4) is 0 Å². The zero-order chi connectivity index (χ0) is 20.1. The Morgan fingerprint density at radius 1 is 1.22 bits per heavy atom. The molecule has 2 N–H and O–H groups in total. The summed E-state index contributed by atoms with van der Waals surface area (Å²) in [4.78, 5) is 35.4. The number of amides is 2. The van der Waals surface area contributed by atoms with E-state index in [0.717, 1.165) is 0 Å². The Balaban J connectivity index is 1.66. The first kappa shape index (κ1) is 21.2. The number of carbonyl (C=O) groups excluding carboxylic acids is 3. The van der Waals surface area contributed by atoms with E-state index < -0.39 is 33.9 Å². The van der Waals surface area contributed by atoms with Crippen molar-refractivity contribution in [2.24, 2.45) is 0 Å². The van der Waals surface area contributed by atoms with Gasteiger partial charge in [0.2, 0.25) is 0 Å². The van der Waals surface area contributed by atoms with Crippen LogP contribution in [0.15, 0.2) is 24.3 Å². The molecule has 1 fully saturated rings. The van der Waals surface area contributed by atoms with Gasteiger partial charge >= 0.3 is 5.97 Å². The maximum Gasteiger partial charge on any atom is 0.308 e. The van der Waals surface area contributed by atoms with Crippen molar-refractivity contribution in [2.45, 2.75) is 25.3 Å². The largest absolute Gasteiger partial charge is 0.456 e. The molecule has 0 unspecified atom stereocenters. The smallest absolute Gasteiger partial charge is 0.308 e. The summed E-state index contributed by atoms with van der Waals surface area (Å²) in [6.07, 6.45) is 0.226. The minimum atomic E-state index is -3.15. The van der Waals surface area contributed by atoms with E-state index in [2.05, 4.69) is 10.6 Å². The summed E-state index contributed by atoms with van der Waals surface area (Å²) < 4.78 is 27.9. The normalized spacial score (nSPS) is 20.7. The molecule has 27 heavy (non-hydrogen) atoms. The van der Waals surface area contributed by atoms with Crippen molar-refractivity contribution in [2.75, 3.05) is 24.7 Å². The lowest BCUT2D eigenvalue weighted by molar-refractivity contribution is -0.148. The molecule has 0 saturated carbocycles. The van der Waals surface area contributed by atoms with Crippen molar-refractivity contribution in [1.82, 2.24) is 10.6 Å². The van der Waals surface area contributed by atoms with Crippen LogP contribution >= 0.6 is 11.6 Å². The Bertz CT molecular complexity index is 824. The predicted octanol–water partition coefficient (Wildman–Crippen LogP) is 0.697. The lowest BCUT2D eigenvalue weighted by Crippen LogP contribution is -2.48. The van der Waals surface area contributed by atoms with E-state index in [4.69, 9.17) is 16.3 Å². The number of esters is 1. The van der Waals surface area contributed by atoms with Crippen LogP contribution in [0, 0.1) is 0 Å². The molecule has 0 bridgehead atoms. The molecule has 1 aromatic carbocycles. The molecule has 1 saturated heterocycles. The van der Waals surface area contributed by atoms with Crippen LogP contribution in [0.4, 0.5) is 0 Å². The number of halogens is 1. The van der Waals surface area contributed by atoms with Crippen molar-refractivity contribution in [3.63, 3.8) is 0 Å². The summed E-state index contributed by atoms with van der Waals surface area (Å²) in [7, 11) is -3.15. The zero-order valence-electron chi connectivity index (χ0n) is 14.8. The van der Waals surface area contributed by atoms with E-state index in [1.54, 1.807) is 31.2 Å². The van der Waals surface area contributed by atoms with E-state index >= 15 is 0 Å². The SMILES string of the molecule is C[C@]1(NC(=O)COC(=O)CCNC(=O)c2ccc(Cl)cc2)CCS(=O)(=O)C1. The van der Waals surface area contributed by atoms with Crippen LogP contribution < -0.4 is 10.6 Å². The molecule has 148 valence electrons. The van der Waals surface area contributed by atoms with Gasteiger partial charge in [0.25, 0.3) is 11.8 Å². The van der Waals surface area contributed by atoms with Gasteiger partial charge in [-0.3, -0.25) is 14.4 Å². The van der Waals surface area contributed by atoms with Crippen LogP contribution in [0.1, 0.15) is 30.1 Å². The molecule has 0 radical (unpaired) electrons. The van der Waals surface area contributed by atoms with Gasteiger partial charge in [0, 0.05) is 17.1 Å². The summed E-state index contributed by atoms with van der Waals surface area (Å²) in [6.45, 7) is 1.20. The third-order valence-electron chi connectivity index (χ3n) is 4.03. The third kappa shape index (κ3) is 6.84. The summed E-state index contributed by atoms with van der Waals surface area (Å²) >= 11 is 5.74. The van der Waals surface area contributed by atoms with Gasteiger partial charge < -0.3 is 15.4 Å². The highest BCUT2D eigenvalue weighted by Gasteiger charge is 2.39. The molecule has 2 amide bonds. The first-order valence-corrected chi connectivity index (χ1v) is 10.5. The molecule has 1 aliphatic heterocycles. The number of ether oxygens (including phenoxy) is 1. The monoisotopic (exact) mass is 416 g/mol. The summed E-state index contributed by atoms with van der Waals surface area (Å²) in [5, 5.41) is 5.66. The molecule has 1 atom stereocenters. The van der Waals surface area contributed by atoms with Gasteiger partial charge in [-0.1, -0.05) is 11.6 Å². The van der Waals surface area contributed by atoms with Gasteiger partial charge in [-0.15, -0.1) is 0 Å². The minimum Gasteiger partial charge on any atom is -0.456 e. The van der Waals surface area contributed by atoms with Crippen molar-refractivity contribution in [3.05, 3.63) is 34.9 Å². The minimum absolute atomic E-state index is 0.0247. The molecule has 10 heteroatoms. The Kier molecular flexibility index (Phi) is 6.83. The number of benzene rings is 1. The molecule has 0 aliphatic carbocycles. The topological polar surface area (TPSA) is 119 Å². The maximum absolute atomic E-state index is 11.9. The van der Waals surface area contributed by atoms with Crippen LogP contribution in [0.3, 0.4) is 0 Å². The number of carbonyl (C=O) groups is 3. The first-order valence-electron chi connectivity index (χ1n) is 8.29. The summed E-state index contributed by atoms with van der Waals surface area (Å²) in [6, 6.07) is 6.28. The number of sulfone groups is 1. The number of hydrogen-bond donors (Lipinski definition) is 2. The van der Waals surface area contributed by atoms with E-state index in [9.17, 15) is 22.8 Å². The lowest BCUT2D eigenvalue weighted by atomic mass is 10.0. The average Bonchev–Trinajstić information content (AvgIpc) is 2.86. The zero-order valence-corrected chi connectivity index (χ0v) is 16.4. The first-order chi connectivity index (χ1) is 12.6. The van der Waals surface area contributed by atoms with E-state index in [0.29, 0.717) is 17.0 Å². The summed E-state index contributed by atoms with van der Waals surface area (Å²) in [5.74, 6) is -1.67. The quantitative estimate of drug-likeness (QED) is 0.631. The Morgan fingerprint density at radius 2 is 1.89 bits per heavy atom. The van der Waals surface area contributed by atoms with Crippen LogP contribution in [-0.2, 0) is 24.2 Å². The Hall–Kier alpha value is -2.13. The van der Waals surface area contributed by atoms with E-state index in [1.165, 1.54) is 0 Å². The van der Waals surface area contributed by atoms with Gasteiger partial charge in [0.15, 0.2) is 16.4 Å². The molecule has 2 rings (SSSR count). The highest BCUT2D eigenvalue weighted by Crippen LogP contribution is 2.22. The maximum atomic E-state index is 11.9. The van der Waals surface area contributed by atoms with Gasteiger partial charge in [0.05, 0.1) is 23.5 Å². The van der Waals surface area contributed by atoms with Crippen LogP contribution in [-0.4, -0.2) is 56.4 Å². The van der Waals surface area contributed by atoms with Gasteiger partial charge in [-0.25, -0.2) is 8.42 Å². The molecule has 1 heterocycles. The molecule has 0 spiro atoms. The number of rotatable bonds is 7. The van der Waals surface area contributed by atoms with E-state index in [1.807, 2.05) is 0 Å². The van der Waals surface area contributed by atoms with Crippen molar-refractivity contribution < 1.29 is 27.5 Å². The fourth-order valence-electron chi connectivity index (χ4n) is 2.68. The second-order valence-corrected chi connectivity index (χ2v) is 9.24. The van der Waals surface area contributed by atoms with Crippen LogP contribution in [0.5, 0.6) is 0 Å². The van der Waals surface area contributed by atoms with Gasteiger partial charge in [0.1, 0.15) is 0 Å². The third-order valence-corrected chi connectivity index (χ3v) is 6.18. The summed E-state index contributed by atoms with van der Waals surface area (Å²) in [5.41, 5.74) is -0.429. The fraction of sp³-hybridized carbons (Fsp3) is 0.471. The molecule has 1 aromatic rings. The highest BCUT2D eigenvalue weighted by atomic mass is 35.5. The van der Waals surface area contributed by atoms with Gasteiger partial charge in [-0.2, -0.15) is 0 Å². The highest BCUT2D eigenvalue weighted by molar-refractivity contribution is 7.91. The molecule has 1 aliphatic rings. The Labute approximate surface area is 162 Å². The second kappa shape index (κ2) is 8.71. The van der Waals surface area contributed by atoms with Crippen molar-refractivity contribution >= 4 is 39.2 Å². The average molecular weight is 417 g/mol. The van der Waals surface area contributed by atoms with Crippen LogP contribution in [0.2, 0.25) is 5.02 Å². The number of nitrogens with one attached hydrogen (secondary N) is 2. The Morgan fingerprint density at radius 3 is 2.48 bits per heavy atom. The molecule has 8 nitrogen and oxygen atoms in total. The predicted molar refractivity (Wildman–Crippen MR) is 99.2 cm³/mol. The van der Waals surface area contributed by atoms with E-state index in [-0.39, 0.29) is 30.4 Å². The van der Waals surface area contributed by atoms with Crippen LogP contribution in [0.25, 0.3) is 0 Å². The van der Waals surface area contributed by atoms with Crippen molar-refractivity contribution in [1.29, 1.82) is 0 Å². The second-order valence-electron chi connectivity index (χ2n) is 6.62.